The van der Waals surface area contributed by atoms with E-state index in [1.54, 1.807) is 12.1 Å². The van der Waals surface area contributed by atoms with E-state index in [2.05, 4.69) is 4.98 Å². The van der Waals surface area contributed by atoms with Gasteiger partial charge in [-0.15, -0.1) is 0 Å². The van der Waals surface area contributed by atoms with Gasteiger partial charge in [-0.05, 0) is 17.7 Å². The molecule has 1 heterocycles. The highest BCUT2D eigenvalue weighted by Gasteiger charge is 2.17. The lowest BCUT2D eigenvalue weighted by molar-refractivity contribution is 0.201. The molecule has 3 N–H and O–H groups in total. The number of hydrogen-bond donors (Lipinski definition) is 2. The molecule has 0 unspecified atom stereocenters. The van der Waals surface area contributed by atoms with E-state index < -0.39 is 6.09 Å². The maximum absolute atomic E-state index is 11.3. The number of amides is 1. The Morgan fingerprint density at radius 1 is 1.22 bits per heavy atom. The Balaban J connectivity index is 2.30. The average molecular weight is 243 g/mol. The van der Waals surface area contributed by atoms with Crippen LogP contribution in [0, 0.1) is 0 Å². The number of nitrogens with zero attached hydrogens (tertiary/aromatic N) is 2. The van der Waals surface area contributed by atoms with Crippen molar-refractivity contribution in [3.8, 4) is 0 Å². The van der Waals surface area contributed by atoms with Gasteiger partial charge < -0.3 is 10.8 Å². The molecule has 0 saturated carbocycles. The SMILES string of the molecule is Nc1ncccc1N(Cc1ccccc1)C(=O)O. The Kier molecular flexibility index (Phi) is 3.43. The fraction of sp³-hybridized carbons (Fsp3) is 0.0769. The topological polar surface area (TPSA) is 79.5 Å². The number of nitrogens with two attached hydrogens (primary N) is 1. The van der Waals surface area contributed by atoms with E-state index in [1.165, 1.54) is 11.1 Å². The van der Waals surface area contributed by atoms with Crippen LogP contribution < -0.4 is 10.6 Å². The van der Waals surface area contributed by atoms with Gasteiger partial charge in [0, 0.05) is 6.20 Å². The summed E-state index contributed by atoms with van der Waals surface area (Å²) in [4.78, 5) is 16.4. The van der Waals surface area contributed by atoms with Crippen LogP contribution in [0.1, 0.15) is 5.56 Å². The molecule has 0 aliphatic heterocycles. The van der Waals surface area contributed by atoms with Crippen molar-refractivity contribution in [2.75, 3.05) is 10.6 Å². The molecule has 0 spiro atoms. The van der Waals surface area contributed by atoms with Crippen LogP contribution >= 0.6 is 0 Å². The first-order valence-corrected chi connectivity index (χ1v) is 5.43. The predicted molar refractivity (Wildman–Crippen MR) is 69.3 cm³/mol. The van der Waals surface area contributed by atoms with Gasteiger partial charge in [-0.1, -0.05) is 30.3 Å². The van der Waals surface area contributed by atoms with Gasteiger partial charge in [-0.25, -0.2) is 9.78 Å². The summed E-state index contributed by atoms with van der Waals surface area (Å²) < 4.78 is 0. The quantitative estimate of drug-likeness (QED) is 0.867. The van der Waals surface area contributed by atoms with Crippen LogP contribution in [0.15, 0.2) is 48.7 Å². The van der Waals surface area contributed by atoms with E-state index in [0.29, 0.717) is 5.69 Å². The lowest BCUT2D eigenvalue weighted by Crippen LogP contribution is -2.29. The fourth-order valence-electron chi connectivity index (χ4n) is 1.66. The van der Waals surface area contributed by atoms with E-state index in [-0.39, 0.29) is 12.4 Å². The Hall–Kier alpha value is -2.56. The lowest BCUT2D eigenvalue weighted by atomic mass is 10.2. The van der Waals surface area contributed by atoms with Crippen LogP contribution in [0.4, 0.5) is 16.3 Å². The Morgan fingerprint density at radius 3 is 2.56 bits per heavy atom. The number of benzene rings is 1. The van der Waals surface area contributed by atoms with Crippen LogP contribution in [0.2, 0.25) is 0 Å². The summed E-state index contributed by atoms with van der Waals surface area (Å²) in [6, 6.07) is 12.6. The maximum Gasteiger partial charge on any atom is 0.412 e. The normalized spacial score (nSPS) is 10.0. The fourth-order valence-corrected chi connectivity index (χ4v) is 1.66. The Bertz CT molecular complexity index is 543. The Labute approximate surface area is 104 Å². The highest BCUT2D eigenvalue weighted by molar-refractivity contribution is 5.89. The minimum Gasteiger partial charge on any atom is -0.465 e. The van der Waals surface area contributed by atoms with Crippen LogP contribution in [0.3, 0.4) is 0 Å². The lowest BCUT2D eigenvalue weighted by Gasteiger charge is -2.20. The molecule has 2 aromatic rings. The molecule has 0 fully saturated rings. The third-order valence-electron chi connectivity index (χ3n) is 2.52. The van der Waals surface area contributed by atoms with Gasteiger partial charge in [-0.2, -0.15) is 0 Å². The summed E-state index contributed by atoms with van der Waals surface area (Å²) in [6.07, 6.45) is 0.472. The van der Waals surface area contributed by atoms with Gasteiger partial charge in [-0.3, -0.25) is 4.90 Å². The second-order valence-corrected chi connectivity index (χ2v) is 3.76. The van der Waals surface area contributed by atoms with Crippen molar-refractivity contribution in [3.05, 3.63) is 54.2 Å². The van der Waals surface area contributed by atoms with Gasteiger partial charge in [0.05, 0.1) is 12.2 Å². The molecular formula is C13H13N3O2. The summed E-state index contributed by atoms with van der Waals surface area (Å²) >= 11 is 0. The van der Waals surface area contributed by atoms with Crippen molar-refractivity contribution >= 4 is 17.6 Å². The highest BCUT2D eigenvalue weighted by atomic mass is 16.4. The van der Waals surface area contributed by atoms with E-state index in [0.717, 1.165) is 5.56 Å². The van der Waals surface area contributed by atoms with Gasteiger partial charge >= 0.3 is 6.09 Å². The molecule has 0 radical (unpaired) electrons. The molecule has 1 amide bonds. The molecule has 92 valence electrons. The molecule has 0 aliphatic carbocycles. The van der Waals surface area contributed by atoms with E-state index in [1.807, 2.05) is 30.3 Å². The molecule has 1 aromatic carbocycles. The zero-order valence-electron chi connectivity index (χ0n) is 9.65. The summed E-state index contributed by atoms with van der Waals surface area (Å²) in [5, 5.41) is 9.26. The summed E-state index contributed by atoms with van der Waals surface area (Å²) in [5.74, 6) is 0.204. The third kappa shape index (κ3) is 2.57. The van der Waals surface area contributed by atoms with Crippen molar-refractivity contribution < 1.29 is 9.90 Å². The van der Waals surface area contributed by atoms with Crippen LogP contribution in [-0.4, -0.2) is 16.2 Å². The monoisotopic (exact) mass is 243 g/mol. The molecule has 5 nitrogen and oxygen atoms in total. The summed E-state index contributed by atoms with van der Waals surface area (Å²) in [5.41, 5.74) is 6.99. The number of rotatable bonds is 3. The molecule has 5 heteroatoms. The van der Waals surface area contributed by atoms with Crippen LogP contribution in [0.5, 0.6) is 0 Å². The summed E-state index contributed by atoms with van der Waals surface area (Å²) in [7, 11) is 0. The molecule has 0 saturated heterocycles. The van der Waals surface area contributed by atoms with Gasteiger partial charge in [0.15, 0.2) is 0 Å². The van der Waals surface area contributed by atoms with E-state index in [9.17, 15) is 9.90 Å². The van der Waals surface area contributed by atoms with Crippen LogP contribution in [-0.2, 0) is 6.54 Å². The number of hydrogen-bond acceptors (Lipinski definition) is 3. The number of carbonyl (C=O) groups is 1. The Morgan fingerprint density at radius 2 is 1.94 bits per heavy atom. The molecule has 0 atom stereocenters. The van der Waals surface area contributed by atoms with Gasteiger partial charge in [0.1, 0.15) is 5.82 Å². The zero-order chi connectivity index (χ0) is 13.0. The number of nitrogen functional groups attached to an aromatic ring is 1. The standard InChI is InChI=1S/C13H13N3O2/c14-12-11(7-4-8-15-12)16(13(17)18)9-10-5-2-1-3-6-10/h1-8H,9H2,(H2,14,15)(H,17,18). The highest BCUT2D eigenvalue weighted by Crippen LogP contribution is 2.22. The van der Waals surface area contributed by atoms with E-state index >= 15 is 0 Å². The maximum atomic E-state index is 11.3. The van der Waals surface area contributed by atoms with Crippen molar-refractivity contribution in [1.29, 1.82) is 0 Å². The summed E-state index contributed by atoms with van der Waals surface area (Å²) in [6.45, 7) is 0.242. The first kappa shape index (κ1) is 11.9. The number of aromatic nitrogens is 1. The molecule has 2 rings (SSSR count). The first-order valence-electron chi connectivity index (χ1n) is 5.43. The number of pyridine rings is 1. The van der Waals surface area contributed by atoms with Crippen LogP contribution in [0.25, 0.3) is 0 Å². The predicted octanol–water partition coefficient (Wildman–Crippen LogP) is 2.35. The first-order chi connectivity index (χ1) is 8.68. The minimum atomic E-state index is -1.06. The molecule has 1 aromatic heterocycles. The van der Waals surface area contributed by atoms with Gasteiger partial charge in [0.2, 0.25) is 0 Å². The molecule has 0 aliphatic rings. The smallest absolute Gasteiger partial charge is 0.412 e. The molecule has 0 bridgehead atoms. The van der Waals surface area contributed by atoms with Crippen molar-refractivity contribution in [2.24, 2.45) is 0 Å². The second-order valence-electron chi connectivity index (χ2n) is 3.76. The van der Waals surface area contributed by atoms with Gasteiger partial charge in [0.25, 0.3) is 0 Å². The largest absolute Gasteiger partial charge is 0.465 e. The van der Waals surface area contributed by atoms with Crippen molar-refractivity contribution in [2.45, 2.75) is 6.54 Å². The van der Waals surface area contributed by atoms with E-state index in [4.69, 9.17) is 5.73 Å². The molecular weight excluding hydrogens is 230 g/mol. The second kappa shape index (κ2) is 5.18. The number of anilines is 2. The third-order valence-corrected chi connectivity index (χ3v) is 2.52. The zero-order valence-corrected chi connectivity index (χ0v) is 9.65. The van der Waals surface area contributed by atoms with Crippen molar-refractivity contribution in [3.63, 3.8) is 0 Å². The minimum absolute atomic E-state index is 0.204. The molecule has 18 heavy (non-hydrogen) atoms. The number of carboxylic acid groups (broad SMARTS) is 1. The van der Waals surface area contributed by atoms with Crippen molar-refractivity contribution in [1.82, 2.24) is 4.98 Å². The average Bonchev–Trinajstić information content (AvgIpc) is 2.38.